The number of esters is 2. The van der Waals surface area contributed by atoms with Crippen LogP contribution in [0.15, 0.2) is 77.8 Å². The third-order valence-corrected chi connectivity index (χ3v) is 7.03. The Hall–Kier alpha value is -4.77. The van der Waals surface area contributed by atoms with Gasteiger partial charge < -0.3 is 9.47 Å². The third-order valence-electron chi connectivity index (χ3n) is 5.66. The van der Waals surface area contributed by atoms with Gasteiger partial charge >= 0.3 is 11.9 Å². The Bertz CT molecular complexity index is 1720. The maximum absolute atomic E-state index is 13.2. The molecule has 0 amide bonds. The van der Waals surface area contributed by atoms with E-state index in [0.29, 0.717) is 33.8 Å². The standard InChI is InChI=1S/C29H28N4O6S/c1-4-38-28(34)15-10-21-7-6-8-24(17-21)40(36,37)32-25-18-22(11-9-20(25)3)26-19-33-27(30-26)14-12-23(31-33)13-16-29(35)39-5-2/h6-19,32H,4-5H2,1-3H3/b15-10+,16-13+. The zero-order valence-corrected chi connectivity index (χ0v) is 23.0. The first kappa shape index (κ1) is 28.2. The van der Waals surface area contributed by atoms with Gasteiger partial charge in [-0.25, -0.2) is 27.5 Å². The van der Waals surface area contributed by atoms with E-state index >= 15 is 0 Å². The highest BCUT2D eigenvalue weighted by atomic mass is 32.2. The number of benzene rings is 2. The Labute approximate surface area is 232 Å². The number of carbonyl (C=O) groups excluding carboxylic acids is 2. The number of nitrogens with one attached hydrogen (secondary N) is 1. The summed E-state index contributed by atoms with van der Waals surface area (Å²) >= 11 is 0. The van der Waals surface area contributed by atoms with Gasteiger partial charge in [-0.2, -0.15) is 5.10 Å². The molecule has 0 spiro atoms. The fourth-order valence-electron chi connectivity index (χ4n) is 3.70. The van der Waals surface area contributed by atoms with Crippen LogP contribution in [0.25, 0.3) is 29.1 Å². The fourth-order valence-corrected chi connectivity index (χ4v) is 4.88. The van der Waals surface area contributed by atoms with Crippen LogP contribution in [0.3, 0.4) is 0 Å². The van der Waals surface area contributed by atoms with Gasteiger partial charge in [0.25, 0.3) is 10.0 Å². The van der Waals surface area contributed by atoms with Gasteiger partial charge in [-0.3, -0.25) is 4.72 Å². The largest absolute Gasteiger partial charge is 0.463 e. The van der Waals surface area contributed by atoms with Gasteiger partial charge in [0.2, 0.25) is 0 Å². The van der Waals surface area contributed by atoms with Crippen molar-refractivity contribution in [3.8, 4) is 11.3 Å². The number of hydrogen-bond donors (Lipinski definition) is 1. The average Bonchev–Trinajstić information content (AvgIpc) is 3.36. The molecule has 0 saturated heterocycles. The van der Waals surface area contributed by atoms with Gasteiger partial charge in [0.05, 0.1) is 41.4 Å². The molecule has 2 aromatic carbocycles. The summed E-state index contributed by atoms with van der Waals surface area (Å²) in [4.78, 5) is 27.8. The zero-order chi connectivity index (χ0) is 28.7. The van der Waals surface area contributed by atoms with E-state index in [0.717, 1.165) is 5.56 Å². The highest BCUT2D eigenvalue weighted by Gasteiger charge is 2.17. The average molecular weight is 561 g/mol. The first-order valence-corrected chi connectivity index (χ1v) is 14.0. The van der Waals surface area contributed by atoms with Crippen LogP contribution in [0, 0.1) is 6.92 Å². The van der Waals surface area contributed by atoms with E-state index in [1.54, 1.807) is 74.0 Å². The predicted molar refractivity (Wildman–Crippen MR) is 152 cm³/mol. The van der Waals surface area contributed by atoms with E-state index in [4.69, 9.17) is 9.47 Å². The maximum Gasteiger partial charge on any atom is 0.330 e. The number of carbonyl (C=O) groups is 2. The van der Waals surface area contributed by atoms with Crippen molar-refractivity contribution in [3.63, 3.8) is 0 Å². The van der Waals surface area contributed by atoms with Crippen LogP contribution in [-0.4, -0.2) is 48.2 Å². The van der Waals surface area contributed by atoms with Crippen molar-refractivity contribution in [1.82, 2.24) is 14.6 Å². The van der Waals surface area contributed by atoms with Gasteiger partial charge in [-0.1, -0.05) is 24.3 Å². The Kier molecular flexibility index (Phi) is 8.75. The number of imidazole rings is 1. The molecule has 0 aliphatic rings. The zero-order valence-electron chi connectivity index (χ0n) is 22.2. The number of fused-ring (bicyclic) bond motifs is 1. The number of ether oxygens (including phenoxy) is 2. The minimum Gasteiger partial charge on any atom is -0.463 e. The molecule has 0 bridgehead atoms. The Balaban J connectivity index is 1.57. The molecule has 0 radical (unpaired) electrons. The Morgan fingerprint density at radius 2 is 1.68 bits per heavy atom. The molecular formula is C29H28N4O6S. The van der Waals surface area contributed by atoms with E-state index in [1.165, 1.54) is 30.4 Å². The second-order valence-corrected chi connectivity index (χ2v) is 10.2. The van der Waals surface area contributed by atoms with Crippen LogP contribution < -0.4 is 4.72 Å². The first-order chi connectivity index (χ1) is 19.2. The molecule has 4 rings (SSSR count). The first-order valence-electron chi connectivity index (χ1n) is 12.5. The van der Waals surface area contributed by atoms with E-state index in [1.807, 2.05) is 6.07 Å². The van der Waals surface area contributed by atoms with Crippen molar-refractivity contribution in [1.29, 1.82) is 0 Å². The highest BCUT2D eigenvalue weighted by Crippen LogP contribution is 2.27. The molecule has 0 aliphatic carbocycles. The molecule has 206 valence electrons. The summed E-state index contributed by atoms with van der Waals surface area (Å²) in [5.41, 5.74) is 4.05. The van der Waals surface area contributed by atoms with E-state index < -0.39 is 22.0 Å². The smallest absolute Gasteiger partial charge is 0.330 e. The van der Waals surface area contributed by atoms with Crippen LogP contribution in [0.4, 0.5) is 5.69 Å². The molecule has 1 N–H and O–H groups in total. The third kappa shape index (κ3) is 7.00. The molecule has 10 nitrogen and oxygen atoms in total. The molecule has 40 heavy (non-hydrogen) atoms. The summed E-state index contributed by atoms with van der Waals surface area (Å²) < 4.78 is 40.5. The Morgan fingerprint density at radius 3 is 2.40 bits per heavy atom. The van der Waals surface area contributed by atoms with Crippen molar-refractivity contribution in [2.75, 3.05) is 17.9 Å². The van der Waals surface area contributed by atoms with Crippen molar-refractivity contribution in [2.24, 2.45) is 0 Å². The van der Waals surface area contributed by atoms with Crippen LogP contribution in [0.2, 0.25) is 0 Å². The predicted octanol–water partition coefficient (Wildman–Crippen LogP) is 4.66. The minimum absolute atomic E-state index is 0.0450. The second-order valence-electron chi connectivity index (χ2n) is 8.57. The van der Waals surface area contributed by atoms with Crippen molar-refractivity contribution in [2.45, 2.75) is 25.7 Å². The van der Waals surface area contributed by atoms with E-state index in [2.05, 4.69) is 14.8 Å². The van der Waals surface area contributed by atoms with Crippen molar-refractivity contribution in [3.05, 3.63) is 89.8 Å². The lowest BCUT2D eigenvalue weighted by atomic mass is 10.1. The highest BCUT2D eigenvalue weighted by molar-refractivity contribution is 7.92. The molecule has 11 heteroatoms. The van der Waals surface area contributed by atoms with Crippen molar-refractivity contribution < 1.29 is 27.5 Å². The molecule has 0 fully saturated rings. The SMILES string of the molecule is CCOC(=O)/C=C/c1cccc(S(=O)(=O)Nc2cc(-c3cn4nc(/C=C/C(=O)OCC)ccc4n3)ccc2C)c1. The molecule has 2 heterocycles. The molecule has 0 aliphatic heterocycles. The molecule has 2 aromatic heterocycles. The molecule has 4 aromatic rings. The van der Waals surface area contributed by atoms with Gasteiger partial charge in [-0.15, -0.1) is 0 Å². The maximum atomic E-state index is 13.2. The van der Waals surface area contributed by atoms with Gasteiger partial charge in [0.15, 0.2) is 5.65 Å². The van der Waals surface area contributed by atoms with Gasteiger partial charge in [0, 0.05) is 17.7 Å². The normalized spacial score (nSPS) is 11.8. The number of rotatable bonds is 10. The van der Waals surface area contributed by atoms with Gasteiger partial charge in [0.1, 0.15) is 0 Å². The van der Waals surface area contributed by atoms with Crippen molar-refractivity contribution >= 4 is 45.4 Å². The lowest BCUT2D eigenvalue weighted by Crippen LogP contribution is -2.14. The number of aromatic nitrogens is 3. The summed E-state index contributed by atoms with van der Waals surface area (Å²) in [6.07, 6.45) is 7.33. The molecular weight excluding hydrogens is 532 g/mol. The lowest BCUT2D eigenvalue weighted by Gasteiger charge is -2.12. The summed E-state index contributed by atoms with van der Waals surface area (Å²) in [5, 5.41) is 4.45. The van der Waals surface area contributed by atoms with Crippen LogP contribution in [0.5, 0.6) is 0 Å². The molecule has 0 unspecified atom stereocenters. The number of hydrogen-bond acceptors (Lipinski definition) is 8. The molecule has 0 saturated carbocycles. The summed E-state index contributed by atoms with van der Waals surface area (Å²) in [6, 6.07) is 15.1. The second kappa shape index (κ2) is 12.4. The number of aryl methyl sites for hydroxylation is 1. The number of nitrogens with zero attached hydrogens (tertiary/aromatic N) is 3. The van der Waals surface area contributed by atoms with Crippen LogP contribution >= 0.6 is 0 Å². The van der Waals surface area contributed by atoms with E-state index in [-0.39, 0.29) is 18.1 Å². The topological polar surface area (TPSA) is 129 Å². The molecule has 0 atom stereocenters. The summed E-state index contributed by atoms with van der Waals surface area (Å²) in [7, 11) is -3.94. The number of anilines is 1. The monoisotopic (exact) mass is 560 g/mol. The quantitative estimate of drug-likeness (QED) is 0.219. The summed E-state index contributed by atoms with van der Waals surface area (Å²) in [6.45, 7) is 5.78. The van der Waals surface area contributed by atoms with E-state index in [9.17, 15) is 18.0 Å². The van der Waals surface area contributed by atoms with Crippen LogP contribution in [-0.2, 0) is 29.1 Å². The minimum atomic E-state index is -3.94. The lowest BCUT2D eigenvalue weighted by molar-refractivity contribution is -0.138. The van der Waals surface area contributed by atoms with Crippen LogP contribution in [0.1, 0.15) is 30.7 Å². The van der Waals surface area contributed by atoms with Gasteiger partial charge in [-0.05, 0) is 74.4 Å². The number of sulfonamides is 1. The Morgan fingerprint density at radius 1 is 0.950 bits per heavy atom. The summed E-state index contributed by atoms with van der Waals surface area (Å²) in [5.74, 6) is -0.960. The fraction of sp³-hybridized carbons (Fsp3) is 0.172.